The highest BCUT2D eigenvalue weighted by molar-refractivity contribution is 6.30. The molecular formula is C14H15ClN2O. The summed E-state index contributed by atoms with van der Waals surface area (Å²) in [4.78, 5) is 11.7. The van der Waals surface area contributed by atoms with Crippen molar-refractivity contribution in [2.24, 2.45) is 11.8 Å². The largest absolute Gasteiger partial charge is 0.349 e. The van der Waals surface area contributed by atoms with Crippen LogP contribution in [0.3, 0.4) is 0 Å². The van der Waals surface area contributed by atoms with Crippen LogP contribution in [0.5, 0.6) is 0 Å². The van der Waals surface area contributed by atoms with Crippen LogP contribution < -0.4 is 10.6 Å². The van der Waals surface area contributed by atoms with E-state index in [0.29, 0.717) is 22.9 Å². The number of rotatable bonds is 3. The van der Waals surface area contributed by atoms with E-state index >= 15 is 0 Å². The Kier molecular flexibility index (Phi) is 3.10. The van der Waals surface area contributed by atoms with Crippen LogP contribution in [0.25, 0.3) is 6.08 Å². The Balaban J connectivity index is 1.53. The van der Waals surface area contributed by atoms with Crippen molar-refractivity contribution in [2.75, 3.05) is 13.1 Å². The van der Waals surface area contributed by atoms with Crippen LogP contribution >= 0.6 is 11.6 Å². The molecule has 3 nitrogen and oxygen atoms in total. The Labute approximate surface area is 111 Å². The lowest BCUT2D eigenvalue weighted by Crippen LogP contribution is -2.31. The molecule has 2 atom stereocenters. The van der Waals surface area contributed by atoms with Gasteiger partial charge in [0.25, 0.3) is 0 Å². The number of halogens is 1. The number of piperidine rings is 1. The third-order valence-electron chi connectivity index (χ3n) is 3.70. The topological polar surface area (TPSA) is 41.1 Å². The first-order valence-corrected chi connectivity index (χ1v) is 6.57. The molecule has 2 aliphatic rings. The lowest BCUT2D eigenvalue weighted by Gasteiger charge is -2.04. The first-order chi connectivity index (χ1) is 8.74. The highest BCUT2D eigenvalue weighted by Crippen LogP contribution is 2.41. The summed E-state index contributed by atoms with van der Waals surface area (Å²) < 4.78 is 0. The summed E-state index contributed by atoms with van der Waals surface area (Å²) in [5, 5.41) is 7.06. The van der Waals surface area contributed by atoms with Gasteiger partial charge < -0.3 is 10.6 Å². The number of carbonyl (C=O) groups excluding carboxylic acids is 1. The molecule has 94 valence electrons. The summed E-state index contributed by atoms with van der Waals surface area (Å²) in [5.41, 5.74) is 0.979. The molecule has 3 rings (SSSR count). The van der Waals surface area contributed by atoms with Crippen molar-refractivity contribution in [3.05, 3.63) is 40.9 Å². The molecule has 1 heterocycles. The molecule has 1 aliphatic carbocycles. The van der Waals surface area contributed by atoms with Gasteiger partial charge in [-0.1, -0.05) is 23.7 Å². The quantitative estimate of drug-likeness (QED) is 0.814. The van der Waals surface area contributed by atoms with Crippen molar-refractivity contribution in [3.8, 4) is 0 Å². The van der Waals surface area contributed by atoms with Gasteiger partial charge >= 0.3 is 0 Å². The fourth-order valence-electron chi connectivity index (χ4n) is 2.59. The van der Waals surface area contributed by atoms with Crippen LogP contribution in [-0.2, 0) is 4.79 Å². The van der Waals surface area contributed by atoms with Crippen molar-refractivity contribution in [1.82, 2.24) is 10.6 Å². The summed E-state index contributed by atoms with van der Waals surface area (Å²) >= 11 is 5.80. The van der Waals surface area contributed by atoms with Gasteiger partial charge in [-0.3, -0.25) is 4.79 Å². The fraction of sp³-hybridized carbons (Fsp3) is 0.357. The molecule has 2 fully saturated rings. The van der Waals surface area contributed by atoms with Crippen LogP contribution in [0.4, 0.5) is 0 Å². The van der Waals surface area contributed by atoms with E-state index in [1.165, 1.54) is 0 Å². The van der Waals surface area contributed by atoms with Gasteiger partial charge in [-0.2, -0.15) is 0 Å². The van der Waals surface area contributed by atoms with Gasteiger partial charge in [-0.15, -0.1) is 0 Å². The second-order valence-corrected chi connectivity index (χ2v) is 5.34. The standard InChI is InChI=1S/C14H15ClN2O/c15-10-4-1-9(2-5-10)3-6-13(18)17-14-11-7-16-8-12(11)14/h1-6,11-12,14,16H,7-8H2,(H,17,18)/b6-3+. The highest BCUT2D eigenvalue weighted by Gasteiger charge is 2.53. The van der Waals surface area contributed by atoms with Gasteiger partial charge in [0.05, 0.1) is 0 Å². The maximum atomic E-state index is 11.7. The Morgan fingerprint density at radius 1 is 1.28 bits per heavy atom. The minimum absolute atomic E-state index is 0.00986. The average molecular weight is 263 g/mol. The summed E-state index contributed by atoms with van der Waals surface area (Å²) in [5.74, 6) is 1.29. The minimum atomic E-state index is -0.00986. The van der Waals surface area contributed by atoms with Crippen molar-refractivity contribution >= 4 is 23.6 Å². The van der Waals surface area contributed by atoms with E-state index in [-0.39, 0.29) is 5.91 Å². The second kappa shape index (κ2) is 4.75. The minimum Gasteiger partial charge on any atom is -0.349 e. The highest BCUT2D eigenvalue weighted by atomic mass is 35.5. The lowest BCUT2D eigenvalue weighted by atomic mass is 10.2. The summed E-state index contributed by atoms with van der Waals surface area (Å²) in [7, 11) is 0. The molecule has 0 aromatic heterocycles. The predicted octanol–water partition coefficient (Wildman–Crippen LogP) is 1.69. The third kappa shape index (κ3) is 2.42. The van der Waals surface area contributed by atoms with E-state index < -0.39 is 0 Å². The SMILES string of the molecule is O=C(/C=C/c1ccc(Cl)cc1)NC1C2CNCC21. The van der Waals surface area contributed by atoms with E-state index in [9.17, 15) is 4.79 Å². The summed E-state index contributed by atoms with van der Waals surface area (Å²) in [6.45, 7) is 2.08. The Morgan fingerprint density at radius 2 is 1.94 bits per heavy atom. The number of carbonyl (C=O) groups is 1. The lowest BCUT2D eigenvalue weighted by molar-refractivity contribution is -0.116. The van der Waals surface area contributed by atoms with Gasteiger partial charge in [-0.05, 0) is 35.6 Å². The van der Waals surface area contributed by atoms with Crippen molar-refractivity contribution < 1.29 is 4.79 Å². The smallest absolute Gasteiger partial charge is 0.244 e. The van der Waals surface area contributed by atoms with E-state index in [2.05, 4.69) is 10.6 Å². The van der Waals surface area contributed by atoms with E-state index in [1.54, 1.807) is 6.08 Å². The van der Waals surface area contributed by atoms with Gasteiger partial charge in [0.15, 0.2) is 0 Å². The first-order valence-electron chi connectivity index (χ1n) is 6.19. The van der Waals surface area contributed by atoms with Crippen LogP contribution in [0.15, 0.2) is 30.3 Å². The molecule has 4 heteroatoms. The summed E-state index contributed by atoms with van der Waals surface area (Å²) in [6, 6.07) is 7.80. The number of fused-ring (bicyclic) bond motifs is 1. The fourth-order valence-corrected chi connectivity index (χ4v) is 2.72. The molecule has 1 aliphatic heterocycles. The zero-order valence-electron chi connectivity index (χ0n) is 9.90. The zero-order valence-corrected chi connectivity index (χ0v) is 10.7. The van der Waals surface area contributed by atoms with E-state index in [4.69, 9.17) is 11.6 Å². The Morgan fingerprint density at radius 3 is 2.61 bits per heavy atom. The summed E-state index contributed by atoms with van der Waals surface area (Å²) in [6.07, 6.45) is 3.40. The Hall–Kier alpha value is -1.32. The maximum absolute atomic E-state index is 11.7. The number of hydrogen-bond donors (Lipinski definition) is 2. The maximum Gasteiger partial charge on any atom is 0.244 e. The number of benzene rings is 1. The van der Waals surface area contributed by atoms with Crippen molar-refractivity contribution in [2.45, 2.75) is 6.04 Å². The van der Waals surface area contributed by atoms with Gasteiger partial charge in [0.2, 0.25) is 5.91 Å². The van der Waals surface area contributed by atoms with Gasteiger partial charge in [0, 0.05) is 30.2 Å². The number of nitrogens with one attached hydrogen (secondary N) is 2. The molecule has 1 aromatic rings. The van der Waals surface area contributed by atoms with Crippen LogP contribution in [0.2, 0.25) is 5.02 Å². The molecule has 18 heavy (non-hydrogen) atoms. The van der Waals surface area contributed by atoms with Crippen LogP contribution in [0, 0.1) is 11.8 Å². The second-order valence-electron chi connectivity index (χ2n) is 4.91. The van der Waals surface area contributed by atoms with Gasteiger partial charge in [0.1, 0.15) is 0 Å². The van der Waals surface area contributed by atoms with Crippen molar-refractivity contribution in [1.29, 1.82) is 0 Å². The first kappa shape index (κ1) is 11.8. The molecule has 1 aromatic carbocycles. The third-order valence-corrected chi connectivity index (χ3v) is 3.95. The molecule has 0 bridgehead atoms. The van der Waals surface area contributed by atoms with E-state index in [1.807, 2.05) is 30.3 Å². The zero-order chi connectivity index (χ0) is 12.5. The molecule has 2 unspecified atom stereocenters. The van der Waals surface area contributed by atoms with E-state index in [0.717, 1.165) is 18.7 Å². The molecule has 1 saturated heterocycles. The molecule has 2 N–H and O–H groups in total. The predicted molar refractivity (Wildman–Crippen MR) is 72.3 cm³/mol. The van der Waals surface area contributed by atoms with Crippen LogP contribution in [-0.4, -0.2) is 25.0 Å². The Bertz CT molecular complexity index is 473. The van der Waals surface area contributed by atoms with Gasteiger partial charge in [-0.25, -0.2) is 0 Å². The van der Waals surface area contributed by atoms with Crippen LogP contribution in [0.1, 0.15) is 5.56 Å². The monoisotopic (exact) mass is 262 g/mol. The van der Waals surface area contributed by atoms with Crippen molar-refractivity contribution in [3.63, 3.8) is 0 Å². The molecule has 0 spiro atoms. The number of hydrogen-bond acceptors (Lipinski definition) is 2. The average Bonchev–Trinajstić information content (AvgIpc) is 2.81. The molecule has 1 saturated carbocycles. The molecule has 0 radical (unpaired) electrons. The number of amides is 1. The molecular weight excluding hydrogens is 248 g/mol. The molecule has 1 amide bonds. The normalized spacial score (nSPS) is 29.3.